The van der Waals surface area contributed by atoms with Crippen molar-refractivity contribution in [2.75, 3.05) is 32.0 Å². The van der Waals surface area contributed by atoms with Gasteiger partial charge in [-0.2, -0.15) is 4.31 Å². The zero-order valence-electron chi connectivity index (χ0n) is 18.2. The molecule has 0 spiro atoms. The molecule has 2 aromatic carbocycles. The molecule has 0 unspecified atom stereocenters. The van der Waals surface area contributed by atoms with Crippen molar-refractivity contribution in [2.45, 2.75) is 38.0 Å². The van der Waals surface area contributed by atoms with Crippen LogP contribution < -0.4 is 5.32 Å². The average molecular weight is 444 g/mol. The Hall–Kier alpha value is -2.71. The number of amides is 2. The van der Waals surface area contributed by atoms with E-state index in [4.69, 9.17) is 0 Å². The molecule has 0 radical (unpaired) electrons. The van der Waals surface area contributed by atoms with E-state index in [-0.39, 0.29) is 17.3 Å². The molecule has 8 heteroatoms. The number of rotatable bonds is 7. The first-order chi connectivity index (χ1) is 14.7. The standard InChI is InChI=1S/C23H29N3O4S/c1-17-6-7-18(2)21(14-17)31(29,30)25(3)16-22(27)24-20-10-8-19(9-11-20)15-23(28)26-12-4-5-13-26/h6-11,14H,4-5,12-13,15-16H2,1-3H3,(H,24,27). The smallest absolute Gasteiger partial charge is 0.243 e. The van der Waals surface area contributed by atoms with Crippen molar-refractivity contribution in [2.24, 2.45) is 0 Å². The van der Waals surface area contributed by atoms with Crippen molar-refractivity contribution >= 4 is 27.5 Å². The molecule has 1 aliphatic rings. The van der Waals surface area contributed by atoms with Gasteiger partial charge in [-0.05, 0) is 61.6 Å². The summed E-state index contributed by atoms with van der Waals surface area (Å²) in [6.07, 6.45) is 2.46. The van der Waals surface area contributed by atoms with Gasteiger partial charge in [-0.3, -0.25) is 9.59 Å². The number of likely N-dealkylation sites (tertiary alicyclic amines) is 1. The molecular formula is C23H29N3O4S. The second-order valence-electron chi connectivity index (χ2n) is 8.04. The molecule has 1 aliphatic heterocycles. The number of sulfonamides is 1. The van der Waals surface area contributed by atoms with Gasteiger partial charge in [-0.25, -0.2) is 8.42 Å². The lowest BCUT2D eigenvalue weighted by Gasteiger charge is -2.18. The highest BCUT2D eigenvalue weighted by Crippen LogP contribution is 2.20. The molecule has 1 N–H and O–H groups in total. The van der Waals surface area contributed by atoms with E-state index in [2.05, 4.69) is 5.32 Å². The molecule has 2 aromatic rings. The molecule has 166 valence electrons. The Kier molecular flexibility index (Phi) is 7.12. The minimum atomic E-state index is -3.78. The molecule has 2 amide bonds. The maximum absolute atomic E-state index is 12.9. The quantitative estimate of drug-likeness (QED) is 0.713. The maximum atomic E-state index is 12.9. The monoisotopic (exact) mass is 443 g/mol. The molecule has 0 aromatic heterocycles. The highest BCUT2D eigenvalue weighted by atomic mass is 32.2. The predicted octanol–water partition coefficient (Wildman–Crippen LogP) is 2.73. The van der Waals surface area contributed by atoms with Crippen LogP contribution in [0.4, 0.5) is 5.69 Å². The highest BCUT2D eigenvalue weighted by molar-refractivity contribution is 7.89. The van der Waals surface area contributed by atoms with Gasteiger partial charge in [0.15, 0.2) is 0 Å². The molecule has 0 atom stereocenters. The Labute approximate surface area is 184 Å². The van der Waals surface area contributed by atoms with Gasteiger partial charge in [0, 0.05) is 25.8 Å². The van der Waals surface area contributed by atoms with Crippen molar-refractivity contribution in [3.05, 3.63) is 59.2 Å². The summed E-state index contributed by atoms with van der Waals surface area (Å²) >= 11 is 0. The fraction of sp³-hybridized carbons (Fsp3) is 0.391. The first-order valence-electron chi connectivity index (χ1n) is 10.4. The first kappa shape index (κ1) is 23.0. The van der Waals surface area contributed by atoms with Gasteiger partial charge in [0.2, 0.25) is 21.8 Å². The lowest BCUT2D eigenvalue weighted by molar-refractivity contribution is -0.129. The van der Waals surface area contributed by atoms with Crippen LogP contribution in [0.2, 0.25) is 0 Å². The first-order valence-corrected chi connectivity index (χ1v) is 11.8. The van der Waals surface area contributed by atoms with Crippen LogP contribution in [0.15, 0.2) is 47.4 Å². The van der Waals surface area contributed by atoms with E-state index in [1.165, 1.54) is 7.05 Å². The summed E-state index contributed by atoms with van der Waals surface area (Å²) in [4.78, 5) is 26.7. The summed E-state index contributed by atoms with van der Waals surface area (Å²) in [6.45, 7) is 4.91. The van der Waals surface area contributed by atoms with E-state index in [0.717, 1.165) is 41.4 Å². The molecule has 7 nitrogen and oxygen atoms in total. The summed E-state index contributed by atoms with van der Waals surface area (Å²) in [7, 11) is -2.38. The molecule has 3 rings (SSSR count). The van der Waals surface area contributed by atoms with E-state index < -0.39 is 15.9 Å². The topological polar surface area (TPSA) is 86.8 Å². The van der Waals surface area contributed by atoms with E-state index in [1.54, 1.807) is 43.3 Å². The van der Waals surface area contributed by atoms with Gasteiger partial charge < -0.3 is 10.2 Å². The van der Waals surface area contributed by atoms with Gasteiger partial charge in [0.1, 0.15) is 0 Å². The van der Waals surface area contributed by atoms with Crippen molar-refractivity contribution in [3.63, 3.8) is 0 Å². The zero-order chi connectivity index (χ0) is 22.6. The van der Waals surface area contributed by atoms with Crippen LogP contribution in [0.3, 0.4) is 0 Å². The van der Waals surface area contributed by atoms with Crippen molar-refractivity contribution in [1.29, 1.82) is 0 Å². The van der Waals surface area contributed by atoms with E-state index >= 15 is 0 Å². The van der Waals surface area contributed by atoms with Crippen molar-refractivity contribution in [3.8, 4) is 0 Å². The third kappa shape index (κ3) is 5.71. The Morgan fingerprint density at radius 2 is 1.68 bits per heavy atom. The molecule has 0 saturated carbocycles. The summed E-state index contributed by atoms with van der Waals surface area (Å²) in [5.41, 5.74) is 2.91. The molecule has 0 bridgehead atoms. The van der Waals surface area contributed by atoms with Crippen molar-refractivity contribution < 1.29 is 18.0 Å². The van der Waals surface area contributed by atoms with Crippen molar-refractivity contribution in [1.82, 2.24) is 9.21 Å². The number of nitrogens with zero attached hydrogens (tertiary/aromatic N) is 2. The summed E-state index contributed by atoms with van der Waals surface area (Å²) in [6, 6.07) is 12.3. The SMILES string of the molecule is Cc1ccc(C)c(S(=O)(=O)N(C)CC(=O)Nc2ccc(CC(=O)N3CCCC3)cc2)c1. The zero-order valence-corrected chi connectivity index (χ0v) is 19.0. The highest BCUT2D eigenvalue weighted by Gasteiger charge is 2.25. The lowest BCUT2D eigenvalue weighted by Crippen LogP contribution is -2.35. The van der Waals surface area contributed by atoms with E-state index in [9.17, 15) is 18.0 Å². The fourth-order valence-corrected chi connectivity index (χ4v) is 5.03. The van der Waals surface area contributed by atoms with Crippen LogP contribution >= 0.6 is 0 Å². The number of anilines is 1. The van der Waals surface area contributed by atoms with Gasteiger partial charge in [0.05, 0.1) is 17.9 Å². The van der Waals surface area contributed by atoms with Gasteiger partial charge >= 0.3 is 0 Å². The number of carbonyl (C=O) groups is 2. The fourth-order valence-electron chi connectivity index (χ4n) is 3.60. The number of nitrogens with one attached hydrogen (secondary N) is 1. The Morgan fingerprint density at radius 3 is 2.32 bits per heavy atom. The number of benzene rings is 2. The minimum absolute atomic E-state index is 0.118. The van der Waals surface area contributed by atoms with Crippen LogP contribution in [0, 0.1) is 13.8 Å². The Morgan fingerprint density at radius 1 is 1.03 bits per heavy atom. The maximum Gasteiger partial charge on any atom is 0.243 e. The third-order valence-electron chi connectivity index (χ3n) is 5.45. The van der Waals surface area contributed by atoms with E-state index in [0.29, 0.717) is 17.7 Å². The van der Waals surface area contributed by atoms with Gasteiger partial charge in [0.25, 0.3) is 0 Å². The van der Waals surface area contributed by atoms with Gasteiger partial charge in [-0.1, -0.05) is 24.3 Å². The normalized spacial score (nSPS) is 14.1. The van der Waals surface area contributed by atoms with Crippen LogP contribution in [-0.4, -0.2) is 56.1 Å². The lowest BCUT2D eigenvalue weighted by atomic mass is 10.1. The number of hydrogen-bond acceptors (Lipinski definition) is 4. The number of hydrogen-bond donors (Lipinski definition) is 1. The number of carbonyl (C=O) groups excluding carboxylic acids is 2. The third-order valence-corrected chi connectivity index (χ3v) is 7.40. The van der Waals surface area contributed by atoms with Gasteiger partial charge in [-0.15, -0.1) is 0 Å². The molecular weight excluding hydrogens is 414 g/mol. The van der Waals surface area contributed by atoms with E-state index in [1.807, 2.05) is 17.9 Å². The van der Waals surface area contributed by atoms with Crippen LogP contribution in [0.25, 0.3) is 0 Å². The van der Waals surface area contributed by atoms with Crippen LogP contribution in [-0.2, 0) is 26.0 Å². The predicted molar refractivity (Wildman–Crippen MR) is 120 cm³/mol. The average Bonchev–Trinajstić information content (AvgIpc) is 3.26. The molecule has 31 heavy (non-hydrogen) atoms. The second kappa shape index (κ2) is 9.62. The summed E-state index contributed by atoms with van der Waals surface area (Å²) < 4.78 is 26.8. The largest absolute Gasteiger partial charge is 0.342 e. The molecule has 1 heterocycles. The van der Waals surface area contributed by atoms with Crippen LogP contribution in [0.5, 0.6) is 0 Å². The second-order valence-corrected chi connectivity index (χ2v) is 10.1. The Bertz CT molecular complexity index is 1060. The molecule has 1 fully saturated rings. The summed E-state index contributed by atoms with van der Waals surface area (Å²) in [5.74, 6) is -0.315. The minimum Gasteiger partial charge on any atom is -0.342 e. The molecule has 0 aliphatic carbocycles. The number of aryl methyl sites for hydroxylation is 2. The van der Waals surface area contributed by atoms with Crippen LogP contribution in [0.1, 0.15) is 29.5 Å². The molecule has 1 saturated heterocycles. The number of likely N-dealkylation sites (N-methyl/N-ethyl adjacent to an activating group) is 1. The summed E-state index contributed by atoms with van der Waals surface area (Å²) in [5, 5.41) is 2.72. The Balaban J connectivity index is 1.58.